The van der Waals surface area contributed by atoms with E-state index in [1.807, 2.05) is 62.7 Å². The molecule has 0 aliphatic carbocycles. The fraction of sp³-hybridized carbons (Fsp3) is 0.263. The molecule has 5 nitrogen and oxygen atoms in total. The van der Waals surface area contributed by atoms with Crippen molar-refractivity contribution in [1.29, 1.82) is 0 Å². The molecule has 0 radical (unpaired) electrons. The minimum atomic E-state index is -0.120. The first-order valence-electron chi connectivity index (χ1n) is 8.17. The van der Waals surface area contributed by atoms with Crippen LogP contribution in [0.1, 0.15) is 33.4 Å². The topological polar surface area (TPSA) is 56.2 Å². The van der Waals surface area contributed by atoms with E-state index in [2.05, 4.69) is 10.4 Å². The molecule has 0 spiro atoms. The van der Waals surface area contributed by atoms with Crippen molar-refractivity contribution >= 4 is 22.9 Å². The predicted molar refractivity (Wildman–Crippen MR) is 100 cm³/mol. The molecular weight excluding hydrogens is 334 g/mol. The number of thiophene rings is 1. The number of hydrogen-bond acceptors (Lipinski definition) is 4. The largest absolute Gasteiger partial charge is 0.489 e. The van der Waals surface area contributed by atoms with E-state index in [4.69, 9.17) is 4.74 Å². The number of nitrogens with zero attached hydrogens (tertiary/aromatic N) is 2. The van der Waals surface area contributed by atoms with Crippen LogP contribution >= 0.6 is 11.3 Å². The Morgan fingerprint density at radius 1 is 1.28 bits per heavy atom. The first-order valence-corrected chi connectivity index (χ1v) is 9.05. The number of carbonyl (C=O) groups excluding carboxylic acids is 1. The Labute approximate surface area is 151 Å². The Morgan fingerprint density at radius 2 is 2.04 bits per heavy atom. The molecule has 0 aliphatic heterocycles. The Balaban J connectivity index is 1.61. The monoisotopic (exact) mass is 355 g/mol. The fourth-order valence-corrected chi connectivity index (χ4v) is 3.15. The molecule has 0 atom stereocenters. The van der Waals surface area contributed by atoms with Gasteiger partial charge in [0.05, 0.1) is 16.3 Å². The number of aromatic nitrogens is 2. The lowest BCUT2D eigenvalue weighted by Gasteiger charge is -2.04. The van der Waals surface area contributed by atoms with E-state index in [-0.39, 0.29) is 5.91 Å². The summed E-state index contributed by atoms with van der Waals surface area (Å²) in [7, 11) is 0. The van der Waals surface area contributed by atoms with Gasteiger partial charge in [-0.1, -0.05) is 17.7 Å². The molecular formula is C19H21N3O2S. The molecule has 2 aromatic heterocycles. The first-order chi connectivity index (χ1) is 12.0. The molecule has 0 unspecified atom stereocenters. The van der Waals surface area contributed by atoms with Crippen molar-refractivity contribution in [1.82, 2.24) is 9.78 Å². The summed E-state index contributed by atoms with van der Waals surface area (Å²) in [5, 5.41) is 9.21. The second kappa shape index (κ2) is 7.53. The number of ether oxygens (including phenoxy) is 1. The molecule has 0 saturated carbocycles. The Hall–Kier alpha value is -2.60. The number of benzene rings is 1. The molecule has 0 fully saturated rings. The third kappa shape index (κ3) is 4.28. The number of carbonyl (C=O) groups is 1. The predicted octanol–water partition coefficient (Wildman–Crippen LogP) is 4.41. The molecule has 0 saturated heterocycles. The van der Waals surface area contributed by atoms with Gasteiger partial charge in [-0.25, -0.2) is 0 Å². The average Bonchev–Trinajstić information content (AvgIpc) is 3.21. The van der Waals surface area contributed by atoms with E-state index in [0.717, 1.165) is 29.2 Å². The van der Waals surface area contributed by atoms with Gasteiger partial charge in [0.15, 0.2) is 0 Å². The van der Waals surface area contributed by atoms with Gasteiger partial charge in [-0.3, -0.25) is 9.48 Å². The van der Waals surface area contributed by atoms with Crippen molar-refractivity contribution in [3.05, 3.63) is 63.6 Å². The molecule has 1 aromatic carbocycles. The van der Waals surface area contributed by atoms with Gasteiger partial charge in [0.25, 0.3) is 5.91 Å². The lowest BCUT2D eigenvalue weighted by molar-refractivity contribution is 0.103. The highest BCUT2D eigenvalue weighted by molar-refractivity contribution is 7.12. The summed E-state index contributed by atoms with van der Waals surface area (Å²) in [4.78, 5) is 13.1. The van der Waals surface area contributed by atoms with Crippen molar-refractivity contribution in [2.45, 2.75) is 33.9 Å². The van der Waals surface area contributed by atoms with Crippen LogP contribution in [-0.4, -0.2) is 15.7 Å². The van der Waals surface area contributed by atoms with Crippen LogP contribution in [-0.2, 0) is 13.2 Å². The fourth-order valence-electron chi connectivity index (χ4n) is 2.36. The maximum atomic E-state index is 12.4. The van der Waals surface area contributed by atoms with E-state index < -0.39 is 0 Å². The van der Waals surface area contributed by atoms with Gasteiger partial charge in [0.1, 0.15) is 12.4 Å². The van der Waals surface area contributed by atoms with Gasteiger partial charge in [-0.05, 0) is 44.4 Å². The van der Waals surface area contributed by atoms with Crippen molar-refractivity contribution in [3.63, 3.8) is 0 Å². The van der Waals surface area contributed by atoms with Crippen LogP contribution in [0.25, 0.3) is 0 Å². The zero-order chi connectivity index (χ0) is 17.8. The molecule has 3 rings (SSSR count). The van der Waals surface area contributed by atoms with E-state index in [1.54, 1.807) is 4.68 Å². The molecule has 2 heterocycles. The number of anilines is 1. The molecule has 1 amide bonds. The summed E-state index contributed by atoms with van der Waals surface area (Å²) in [6.07, 6.45) is 1.85. The normalized spacial score (nSPS) is 10.7. The minimum absolute atomic E-state index is 0.120. The van der Waals surface area contributed by atoms with Crippen LogP contribution in [0.5, 0.6) is 5.75 Å². The van der Waals surface area contributed by atoms with Crippen LogP contribution in [0, 0.1) is 13.8 Å². The van der Waals surface area contributed by atoms with Gasteiger partial charge < -0.3 is 10.1 Å². The summed E-state index contributed by atoms with van der Waals surface area (Å²) in [6.45, 7) is 7.16. The zero-order valence-corrected chi connectivity index (χ0v) is 15.4. The van der Waals surface area contributed by atoms with Gasteiger partial charge in [0.2, 0.25) is 0 Å². The minimum Gasteiger partial charge on any atom is -0.489 e. The standard InChI is InChI=1S/C19H21N3O2S/c1-4-22-10-17(14(3)21-22)20-19(23)18-9-15(12-25-18)11-24-16-7-5-13(2)6-8-16/h5-10,12H,4,11H2,1-3H3,(H,20,23). The Kier molecular flexibility index (Phi) is 5.19. The SMILES string of the molecule is CCn1cc(NC(=O)c2cc(COc3ccc(C)cc3)cs2)c(C)n1. The molecule has 3 aromatic rings. The van der Waals surface area contributed by atoms with Crippen molar-refractivity contribution in [3.8, 4) is 5.75 Å². The number of amides is 1. The molecule has 0 aliphatic rings. The van der Waals surface area contributed by atoms with Gasteiger partial charge in [-0.2, -0.15) is 5.10 Å². The molecule has 6 heteroatoms. The van der Waals surface area contributed by atoms with Crippen LogP contribution in [0.15, 0.2) is 41.9 Å². The third-order valence-corrected chi connectivity index (χ3v) is 4.80. The smallest absolute Gasteiger partial charge is 0.265 e. The number of rotatable bonds is 6. The highest BCUT2D eigenvalue weighted by Crippen LogP contribution is 2.20. The van der Waals surface area contributed by atoms with Crippen molar-refractivity contribution in [2.24, 2.45) is 0 Å². The van der Waals surface area contributed by atoms with E-state index in [9.17, 15) is 4.79 Å². The second-order valence-electron chi connectivity index (χ2n) is 5.86. The maximum absolute atomic E-state index is 12.4. The number of nitrogens with one attached hydrogen (secondary N) is 1. The van der Waals surface area contributed by atoms with Gasteiger partial charge in [-0.15, -0.1) is 11.3 Å². The first kappa shape index (κ1) is 17.2. The van der Waals surface area contributed by atoms with Crippen LogP contribution < -0.4 is 10.1 Å². The molecule has 0 bridgehead atoms. The lowest BCUT2D eigenvalue weighted by atomic mass is 10.2. The van der Waals surface area contributed by atoms with E-state index in [0.29, 0.717) is 11.5 Å². The molecule has 25 heavy (non-hydrogen) atoms. The van der Waals surface area contributed by atoms with Crippen LogP contribution in [0.3, 0.4) is 0 Å². The molecule has 1 N–H and O–H groups in total. The van der Waals surface area contributed by atoms with Crippen molar-refractivity contribution < 1.29 is 9.53 Å². The van der Waals surface area contributed by atoms with Crippen molar-refractivity contribution in [2.75, 3.05) is 5.32 Å². The summed E-state index contributed by atoms with van der Waals surface area (Å²) >= 11 is 1.41. The molecule has 130 valence electrons. The summed E-state index contributed by atoms with van der Waals surface area (Å²) in [6, 6.07) is 9.79. The highest BCUT2D eigenvalue weighted by Gasteiger charge is 2.13. The quantitative estimate of drug-likeness (QED) is 0.712. The zero-order valence-electron chi connectivity index (χ0n) is 14.6. The van der Waals surface area contributed by atoms with Crippen LogP contribution in [0.2, 0.25) is 0 Å². The average molecular weight is 355 g/mol. The summed E-state index contributed by atoms with van der Waals surface area (Å²) < 4.78 is 7.56. The van der Waals surface area contributed by atoms with Gasteiger partial charge >= 0.3 is 0 Å². The Morgan fingerprint density at radius 3 is 2.72 bits per heavy atom. The number of hydrogen-bond donors (Lipinski definition) is 1. The van der Waals surface area contributed by atoms with E-state index in [1.165, 1.54) is 16.9 Å². The highest BCUT2D eigenvalue weighted by atomic mass is 32.1. The van der Waals surface area contributed by atoms with E-state index >= 15 is 0 Å². The summed E-state index contributed by atoms with van der Waals surface area (Å²) in [5.41, 5.74) is 3.74. The number of aryl methyl sites for hydroxylation is 3. The van der Waals surface area contributed by atoms with Gasteiger partial charge in [0, 0.05) is 18.3 Å². The third-order valence-electron chi connectivity index (χ3n) is 3.82. The lowest BCUT2D eigenvalue weighted by Crippen LogP contribution is -2.10. The summed E-state index contributed by atoms with van der Waals surface area (Å²) in [5.74, 6) is 0.704. The maximum Gasteiger partial charge on any atom is 0.265 e. The Bertz CT molecular complexity index is 865. The second-order valence-corrected chi connectivity index (χ2v) is 6.77. The van der Waals surface area contributed by atoms with Crippen LogP contribution in [0.4, 0.5) is 5.69 Å².